The van der Waals surface area contributed by atoms with Crippen LogP contribution in [0.3, 0.4) is 0 Å². The summed E-state index contributed by atoms with van der Waals surface area (Å²) in [6, 6.07) is 10.5. The average molecular weight is 352 g/mol. The molecule has 0 aliphatic carbocycles. The molecule has 0 N–H and O–H groups in total. The van der Waals surface area contributed by atoms with Gasteiger partial charge in [0.05, 0.1) is 18.7 Å². The molecule has 138 valence electrons. The first-order valence-electron chi connectivity index (χ1n) is 9.78. The van der Waals surface area contributed by atoms with Crippen LogP contribution in [0.1, 0.15) is 36.1 Å². The van der Waals surface area contributed by atoms with Crippen molar-refractivity contribution in [1.29, 1.82) is 0 Å². The smallest absolute Gasteiger partial charge is 0.227 e. The first-order valence-corrected chi connectivity index (χ1v) is 9.78. The van der Waals surface area contributed by atoms with Crippen molar-refractivity contribution in [3.8, 4) is 0 Å². The Bertz CT molecular complexity index is 763. The molecule has 0 bridgehead atoms. The number of carbonyl (C=O) groups excluding carboxylic acids is 1. The fourth-order valence-corrected chi connectivity index (χ4v) is 4.24. The number of carbonyl (C=O) groups is 1. The summed E-state index contributed by atoms with van der Waals surface area (Å²) in [5, 5.41) is 4.44. The van der Waals surface area contributed by atoms with Crippen molar-refractivity contribution >= 4 is 5.91 Å². The predicted molar refractivity (Wildman–Crippen MR) is 102 cm³/mol. The number of amides is 1. The molecule has 3 heterocycles. The van der Waals surface area contributed by atoms with Crippen LogP contribution in [-0.4, -0.2) is 51.2 Å². The molecule has 5 heteroatoms. The van der Waals surface area contributed by atoms with Gasteiger partial charge in [-0.05, 0) is 56.5 Å². The zero-order valence-corrected chi connectivity index (χ0v) is 15.6. The number of hydrogen-bond acceptors (Lipinski definition) is 3. The minimum Gasteiger partial charge on any atom is -0.332 e. The van der Waals surface area contributed by atoms with Gasteiger partial charge in [0, 0.05) is 25.3 Å². The van der Waals surface area contributed by atoms with Gasteiger partial charge in [-0.15, -0.1) is 0 Å². The highest BCUT2D eigenvalue weighted by molar-refractivity contribution is 5.79. The van der Waals surface area contributed by atoms with Crippen molar-refractivity contribution in [1.82, 2.24) is 19.6 Å². The van der Waals surface area contributed by atoms with Gasteiger partial charge in [0.1, 0.15) is 0 Å². The van der Waals surface area contributed by atoms with Gasteiger partial charge in [0.2, 0.25) is 5.91 Å². The van der Waals surface area contributed by atoms with Gasteiger partial charge in [-0.1, -0.05) is 24.3 Å². The van der Waals surface area contributed by atoms with E-state index in [2.05, 4.69) is 38.6 Å². The average Bonchev–Trinajstić information content (AvgIpc) is 3.27. The summed E-state index contributed by atoms with van der Waals surface area (Å²) in [4.78, 5) is 17.9. The van der Waals surface area contributed by atoms with Crippen LogP contribution in [0.5, 0.6) is 0 Å². The molecule has 5 nitrogen and oxygen atoms in total. The molecule has 0 saturated carbocycles. The zero-order chi connectivity index (χ0) is 17.9. The van der Waals surface area contributed by atoms with E-state index in [0.717, 1.165) is 30.8 Å². The first-order chi connectivity index (χ1) is 12.7. The maximum Gasteiger partial charge on any atom is 0.227 e. The Labute approximate surface area is 155 Å². The van der Waals surface area contributed by atoms with Crippen molar-refractivity contribution < 1.29 is 4.79 Å². The quantitative estimate of drug-likeness (QED) is 0.849. The molecule has 26 heavy (non-hydrogen) atoms. The number of hydrogen-bond donors (Lipinski definition) is 0. The lowest BCUT2D eigenvalue weighted by atomic mass is 10.0. The molecule has 1 aromatic heterocycles. The number of likely N-dealkylation sites (tertiary alicyclic amines) is 1. The molecule has 0 unspecified atom stereocenters. The molecule has 1 aromatic carbocycles. The van der Waals surface area contributed by atoms with Crippen LogP contribution < -0.4 is 0 Å². The maximum absolute atomic E-state index is 13.3. The third-order valence-corrected chi connectivity index (χ3v) is 5.84. The van der Waals surface area contributed by atoms with Crippen LogP contribution >= 0.6 is 0 Å². The lowest BCUT2D eigenvalue weighted by Crippen LogP contribution is -2.46. The molecule has 4 rings (SSSR count). The third-order valence-electron chi connectivity index (χ3n) is 5.84. The zero-order valence-electron chi connectivity index (χ0n) is 15.6. The molecule has 1 amide bonds. The largest absolute Gasteiger partial charge is 0.332 e. The molecular formula is C21H28N4O. The van der Waals surface area contributed by atoms with Crippen LogP contribution in [0.25, 0.3) is 0 Å². The fraction of sp³-hybridized carbons (Fsp3) is 0.524. The number of benzene rings is 1. The highest BCUT2D eigenvalue weighted by atomic mass is 16.2. The highest BCUT2D eigenvalue weighted by Gasteiger charge is 2.30. The summed E-state index contributed by atoms with van der Waals surface area (Å²) in [7, 11) is 0. The number of nitrogens with zero attached hydrogens (tertiary/aromatic N) is 4. The van der Waals surface area contributed by atoms with E-state index in [-0.39, 0.29) is 11.9 Å². The Morgan fingerprint density at radius 3 is 2.77 bits per heavy atom. The maximum atomic E-state index is 13.3. The van der Waals surface area contributed by atoms with Crippen LogP contribution in [0.15, 0.2) is 36.5 Å². The second-order valence-electron chi connectivity index (χ2n) is 7.62. The molecule has 0 radical (unpaired) electrons. The summed E-state index contributed by atoms with van der Waals surface area (Å²) in [6.07, 6.45) is 5.87. The summed E-state index contributed by atoms with van der Waals surface area (Å²) in [6.45, 7) is 6.98. The van der Waals surface area contributed by atoms with E-state index in [4.69, 9.17) is 0 Å². The normalized spacial score (nSPS) is 20.8. The van der Waals surface area contributed by atoms with E-state index in [1.165, 1.54) is 31.5 Å². The van der Waals surface area contributed by atoms with Crippen molar-refractivity contribution in [3.63, 3.8) is 0 Å². The molecule has 1 atom stereocenters. The Kier molecular flexibility index (Phi) is 5.07. The topological polar surface area (TPSA) is 41.4 Å². The minimum atomic E-state index is 0.234. The number of aryl methyl sites for hydroxylation is 2. The van der Waals surface area contributed by atoms with Gasteiger partial charge >= 0.3 is 0 Å². The van der Waals surface area contributed by atoms with E-state index >= 15 is 0 Å². The van der Waals surface area contributed by atoms with Crippen LogP contribution in [0.4, 0.5) is 0 Å². The lowest BCUT2D eigenvalue weighted by Gasteiger charge is -2.33. The van der Waals surface area contributed by atoms with E-state index in [9.17, 15) is 4.79 Å². The van der Waals surface area contributed by atoms with Gasteiger partial charge in [0.15, 0.2) is 0 Å². The Hall–Kier alpha value is -2.14. The SMILES string of the molecule is Cc1ccccc1CC(=O)N1Cc2ccnn2CC[C@H]1CN1CCCC1. The van der Waals surface area contributed by atoms with E-state index in [0.29, 0.717) is 13.0 Å². The van der Waals surface area contributed by atoms with Crippen LogP contribution in [0.2, 0.25) is 0 Å². The number of rotatable bonds is 4. The third kappa shape index (κ3) is 3.68. The predicted octanol–water partition coefficient (Wildman–Crippen LogP) is 2.63. The molecular weight excluding hydrogens is 324 g/mol. The van der Waals surface area contributed by atoms with Crippen LogP contribution in [-0.2, 0) is 24.3 Å². The molecule has 1 fully saturated rings. The lowest BCUT2D eigenvalue weighted by molar-refractivity contribution is -0.134. The van der Waals surface area contributed by atoms with Crippen molar-refractivity contribution in [2.45, 2.75) is 51.7 Å². The summed E-state index contributed by atoms with van der Waals surface area (Å²) < 4.78 is 2.07. The van der Waals surface area contributed by atoms with E-state index < -0.39 is 0 Å². The van der Waals surface area contributed by atoms with Crippen LogP contribution in [0, 0.1) is 6.92 Å². The van der Waals surface area contributed by atoms with Crippen molar-refractivity contribution in [2.75, 3.05) is 19.6 Å². The standard InChI is InChI=1S/C21H28N4O/c1-17-6-2-3-7-18(17)14-21(26)24-16-20-8-10-22-25(20)13-9-19(24)15-23-11-4-5-12-23/h2-3,6-8,10,19H,4-5,9,11-16H2,1H3/t19-/m0/s1. The summed E-state index contributed by atoms with van der Waals surface area (Å²) in [5.74, 6) is 0.234. The van der Waals surface area contributed by atoms with E-state index in [1.54, 1.807) is 0 Å². The van der Waals surface area contributed by atoms with Gasteiger partial charge in [-0.25, -0.2) is 0 Å². The number of fused-ring (bicyclic) bond motifs is 1. The Morgan fingerprint density at radius 2 is 1.96 bits per heavy atom. The second-order valence-corrected chi connectivity index (χ2v) is 7.62. The molecule has 2 aliphatic rings. The van der Waals surface area contributed by atoms with Gasteiger partial charge in [0.25, 0.3) is 0 Å². The van der Waals surface area contributed by atoms with Crippen molar-refractivity contribution in [3.05, 3.63) is 53.3 Å². The van der Waals surface area contributed by atoms with E-state index in [1.807, 2.05) is 24.4 Å². The summed E-state index contributed by atoms with van der Waals surface area (Å²) in [5.41, 5.74) is 3.47. The van der Waals surface area contributed by atoms with Gasteiger partial charge < -0.3 is 9.80 Å². The van der Waals surface area contributed by atoms with Crippen molar-refractivity contribution in [2.24, 2.45) is 0 Å². The first kappa shape index (κ1) is 17.3. The Morgan fingerprint density at radius 1 is 1.15 bits per heavy atom. The fourth-order valence-electron chi connectivity index (χ4n) is 4.24. The molecule has 0 spiro atoms. The highest BCUT2D eigenvalue weighted by Crippen LogP contribution is 2.21. The minimum absolute atomic E-state index is 0.234. The second kappa shape index (κ2) is 7.62. The Balaban J connectivity index is 1.55. The number of aromatic nitrogens is 2. The van der Waals surface area contributed by atoms with Gasteiger partial charge in [-0.3, -0.25) is 9.48 Å². The molecule has 2 aromatic rings. The molecule has 1 saturated heterocycles. The van der Waals surface area contributed by atoms with Gasteiger partial charge in [-0.2, -0.15) is 5.10 Å². The summed E-state index contributed by atoms with van der Waals surface area (Å²) >= 11 is 0. The molecule has 2 aliphatic heterocycles. The monoisotopic (exact) mass is 352 g/mol.